The van der Waals surface area contributed by atoms with E-state index in [4.69, 9.17) is 27.9 Å². The summed E-state index contributed by atoms with van der Waals surface area (Å²) in [7, 11) is 0. The number of allylic oxidation sites excluding steroid dienone is 1. The van der Waals surface area contributed by atoms with Crippen LogP contribution < -0.4 is 5.32 Å². The van der Waals surface area contributed by atoms with Gasteiger partial charge in [-0.15, -0.1) is 6.58 Å². The average Bonchev–Trinajstić information content (AvgIpc) is 2.82. The Kier molecular flexibility index (Phi) is 6.51. The molecule has 1 amide bonds. The highest BCUT2D eigenvalue weighted by atomic mass is 35.5. The molecule has 1 aromatic carbocycles. The molecule has 0 radical (unpaired) electrons. The van der Waals surface area contributed by atoms with Crippen LogP contribution in [0.1, 0.15) is 39.0 Å². The van der Waals surface area contributed by atoms with Gasteiger partial charge in [0.15, 0.2) is 0 Å². The number of amides is 1. The number of nitrogens with one attached hydrogen (secondary N) is 1. The first-order chi connectivity index (χ1) is 12.3. The van der Waals surface area contributed by atoms with Gasteiger partial charge in [-0.2, -0.15) is 0 Å². The summed E-state index contributed by atoms with van der Waals surface area (Å²) < 4.78 is 6.85. The summed E-state index contributed by atoms with van der Waals surface area (Å²) in [4.78, 5) is 25.2. The van der Waals surface area contributed by atoms with Gasteiger partial charge in [0.1, 0.15) is 5.69 Å². The molecule has 2 aromatic rings. The third-order valence-corrected chi connectivity index (χ3v) is 4.52. The van der Waals surface area contributed by atoms with Crippen molar-refractivity contribution in [2.45, 2.75) is 27.3 Å². The van der Waals surface area contributed by atoms with Gasteiger partial charge in [-0.25, -0.2) is 4.79 Å². The molecule has 0 aliphatic carbocycles. The average molecular weight is 395 g/mol. The highest BCUT2D eigenvalue weighted by Gasteiger charge is 2.27. The maximum Gasteiger partial charge on any atom is 0.355 e. The quantitative estimate of drug-likeness (QED) is 0.552. The summed E-state index contributed by atoms with van der Waals surface area (Å²) in [5.41, 5.74) is 2.31. The number of rotatable bonds is 6. The number of benzene rings is 1. The number of aromatic nitrogens is 1. The number of ether oxygens (including phenoxy) is 1. The first-order valence-electron chi connectivity index (χ1n) is 8.05. The van der Waals surface area contributed by atoms with Gasteiger partial charge in [0.25, 0.3) is 5.91 Å². The molecule has 26 heavy (non-hydrogen) atoms. The molecule has 0 spiro atoms. The molecule has 2 rings (SSSR count). The summed E-state index contributed by atoms with van der Waals surface area (Å²) in [5.74, 6) is -0.854. The summed E-state index contributed by atoms with van der Waals surface area (Å²) in [6, 6.07) is 4.81. The zero-order valence-corrected chi connectivity index (χ0v) is 16.4. The Balaban J connectivity index is 2.49. The molecule has 5 nitrogen and oxygen atoms in total. The fourth-order valence-electron chi connectivity index (χ4n) is 2.83. The van der Waals surface area contributed by atoms with E-state index in [0.717, 1.165) is 0 Å². The van der Waals surface area contributed by atoms with E-state index in [0.29, 0.717) is 44.8 Å². The van der Waals surface area contributed by atoms with E-state index >= 15 is 0 Å². The zero-order chi connectivity index (χ0) is 19.4. The van der Waals surface area contributed by atoms with Crippen molar-refractivity contribution in [3.8, 4) is 0 Å². The molecule has 138 valence electrons. The maximum absolute atomic E-state index is 12.9. The molecule has 1 aromatic heterocycles. The van der Waals surface area contributed by atoms with E-state index in [2.05, 4.69) is 11.9 Å². The molecule has 0 saturated heterocycles. The Bertz CT molecular complexity index is 872. The molecule has 0 atom stereocenters. The number of esters is 1. The molecular formula is C19H20Cl2N2O3. The number of nitrogens with zero attached hydrogens (tertiary/aromatic N) is 1. The van der Waals surface area contributed by atoms with Gasteiger partial charge in [0.2, 0.25) is 0 Å². The molecule has 0 saturated carbocycles. The largest absolute Gasteiger partial charge is 0.461 e. The third-order valence-electron chi connectivity index (χ3n) is 3.95. The van der Waals surface area contributed by atoms with E-state index in [1.165, 1.54) is 0 Å². The van der Waals surface area contributed by atoms with Crippen LogP contribution in [0, 0.1) is 13.8 Å². The lowest BCUT2D eigenvalue weighted by Crippen LogP contribution is -2.14. The second kappa shape index (κ2) is 8.43. The van der Waals surface area contributed by atoms with Crippen LogP contribution in [0.15, 0.2) is 30.9 Å². The van der Waals surface area contributed by atoms with Gasteiger partial charge in [-0.05, 0) is 44.5 Å². The van der Waals surface area contributed by atoms with E-state index in [-0.39, 0.29) is 12.5 Å². The first-order valence-corrected chi connectivity index (χ1v) is 8.81. The minimum Gasteiger partial charge on any atom is -0.461 e. The number of hydrogen-bond acceptors (Lipinski definition) is 3. The highest BCUT2D eigenvalue weighted by Crippen LogP contribution is 2.28. The van der Waals surface area contributed by atoms with Crippen LogP contribution in [-0.2, 0) is 11.3 Å². The maximum atomic E-state index is 12.9. The van der Waals surface area contributed by atoms with Crippen LogP contribution in [0.25, 0.3) is 0 Å². The molecule has 0 fully saturated rings. The molecule has 0 aliphatic rings. The van der Waals surface area contributed by atoms with Crippen LogP contribution in [0.5, 0.6) is 0 Å². The van der Waals surface area contributed by atoms with Crippen LogP contribution in [-0.4, -0.2) is 23.1 Å². The fraction of sp³-hybridized carbons (Fsp3) is 0.263. The molecule has 0 bridgehead atoms. The minimum absolute atomic E-state index is 0.246. The van der Waals surface area contributed by atoms with Gasteiger partial charge >= 0.3 is 5.97 Å². The Hall–Kier alpha value is -2.24. The summed E-state index contributed by atoms with van der Waals surface area (Å²) >= 11 is 12.1. The minimum atomic E-state index is -0.477. The highest BCUT2D eigenvalue weighted by molar-refractivity contribution is 6.36. The van der Waals surface area contributed by atoms with Crippen LogP contribution >= 0.6 is 23.2 Å². The summed E-state index contributed by atoms with van der Waals surface area (Å²) in [6.07, 6.45) is 1.66. The normalized spacial score (nSPS) is 10.5. The van der Waals surface area contributed by atoms with Crippen molar-refractivity contribution < 1.29 is 14.3 Å². The number of hydrogen-bond donors (Lipinski definition) is 1. The summed E-state index contributed by atoms with van der Waals surface area (Å²) in [6.45, 7) is 9.56. The van der Waals surface area contributed by atoms with Gasteiger partial charge < -0.3 is 14.6 Å². The Morgan fingerprint density at radius 1 is 1.31 bits per heavy atom. The second-order valence-corrected chi connectivity index (χ2v) is 6.48. The molecular weight excluding hydrogens is 375 g/mol. The van der Waals surface area contributed by atoms with Crippen molar-refractivity contribution in [1.29, 1.82) is 0 Å². The van der Waals surface area contributed by atoms with Crippen LogP contribution in [0.3, 0.4) is 0 Å². The monoisotopic (exact) mass is 394 g/mol. The molecule has 1 N–H and O–H groups in total. The van der Waals surface area contributed by atoms with Crippen molar-refractivity contribution in [2.75, 3.05) is 11.9 Å². The molecule has 1 heterocycles. The van der Waals surface area contributed by atoms with Gasteiger partial charge in [0, 0.05) is 17.3 Å². The van der Waals surface area contributed by atoms with E-state index in [1.807, 2.05) is 0 Å². The van der Waals surface area contributed by atoms with E-state index in [1.54, 1.807) is 49.6 Å². The van der Waals surface area contributed by atoms with Crippen molar-refractivity contribution in [1.82, 2.24) is 4.57 Å². The van der Waals surface area contributed by atoms with Crippen LogP contribution in [0.4, 0.5) is 5.69 Å². The third kappa shape index (κ3) is 3.94. The molecule has 0 unspecified atom stereocenters. The smallest absolute Gasteiger partial charge is 0.355 e. The zero-order valence-electron chi connectivity index (χ0n) is 14.9. The standard InChI is InChI=1S/C19H20Cl2N2O3/c1-5-9-23-12(4)16(11(3)17(23)19(25)26-6-2)18(24)22-15-10-13(20)7-8-14(15)21/h5,7-8,10H,1,6,9H2,2-4H3,(H,22,24). The lowest BCUT2D eigenvalue weighted by molar-refractivity contribution is 0.0513. The van der Waals surface area contributed by atoms with E-state index in [9.17, 15) is 9.59 Å². The Morgan fingerprint density at radius 2 is 2.00 bits per heavy atom. The predicted octanol–water partition coefficient (Wildman–Crippen LogP) is 5.03. The lowest BCUT2D eigenvalue weighted by Gasteiger charge is -2.09. The van der Waals surface area contributed by atoms with Gasteiger partial charge in [-0.3, -0.25) is 4.79 Å². The lowest BCUT2D eigenvalue weighted by atomic mass is 10.1. The summed E-state index contributed by atoms with van der Waals surface area (Å²) in [5, 5.41) is 3.58. The number of carbonyl (C=O) groups is 2. The molecule has 0 aliphatic heterocycles. The topological polar surface area (TPSA) is 60.3 Å². The second-order valence-electron chi connectivity index (χ2n) is 5.63. The van der Waals surface area contributed by atoms with E-state index < -0.39 is 5.97 Å². The number of halogens is 2. The number of anilines is 1. The first kappa shape index (κ1) is 20.1. The van der Waals surface area contributed by atoms with Crippen molar-refractivity contribution in [3.05, 3.63) is 63.4 Å². The number of carbonyl (C=O) groups excluding carboxylic acids is 2. The Labute approximate surface area is 162 Å². The van der Waals surface area contributed by atoms with Gasteiger partial charge in [0.05, 0.1) is 22.9 Å². The van der Waals surface area contributed by atoms with Crippen molar-refractivity contribution >= 4 is 40.8 Å². The van der Waals surface area contributed by atoms with Crippen molar-refractivity contribution in [3.63, 3.8) is 0 Å². The van der Waals surface area contributed by atoms with Crippen molar-refractivity contribution in [2.24, 2.45) is 0 Å². The molecule has 7 heteroatoms. The van der Waals surface area contributed by atoms with Crippen LogP contribution in [0.2, 0.25) is 10.0 Å². The fourth-order valence-corrected chi connectivity index (χ4v) is 3.16. The predicted molar refractivity (Wildman–Crippen MR) is 104 cm³/mol. The Morgan fingerprint density at radius 3 is 2.62 bits per heavy atom. The SMILES string of the molecule is C=CCn1c(C)c(C(=O)Nc2cc(Cl)ccc2Cl)c(C)c1C(=O)OCC. The van der Waals surface area contributed by atoms with Gasteiger partial charge in [-0.1, -0.05) is 29.3 Å².